The van der Waals surface area contributed by atoms with E-state index in [4.69, 9.17) is 18.6 Å². The van der Waals surface area contributed by atoms with Gasteiger partial charge in [0.05, 0.1) is 29.3 Å². The first-order valence-corrected chi connectivity index (χ1v) is 23.0. The number of nitrogens with one attached hydrogen (secondary N) is 1. The minimum Gasteiger partial charge on any atom is -0.490 e. The summed E-state index contributed by atoms with van der Waals surface area (Å²) < 4.78 is 55.7. The van der Waals surface area contributed by atoms with Crippen LogP contribution in [0, 0.1) is 6.92 Å². The van der Waals surface area contributed by atoms with E-state index in [0.717, 1.165) is 42.0 Å². The summed E-state index contributed by atoms with van der Waals surface area (Å²) in [6.07, 6.45) is 1.11. The first-order valence-electron chi connectivity index (χ1n) is 19.3. The van der Waals surface area contributed by atoms with Crippen molar-refractivity contribution in [2.75, 3.05) is 51.4 Å². The molecular formula is C42H62N2O6SSi. The van der Waals surface area contributed by atoms with Crippen LogP contribution in [0.2, 0.25) is 16.6 Å². The second kappa shape index (κ2) is 17.6. The highest BCUT2D eigenvalue weighted by molar-refractivity contribution is 7.91. The van der Waals surface area contributed by atoms with E-state index >= 15 is 0 Å². The molecular weight excluding hydrogens is 689 g/mol. The number of methoxy groups -OCH3 is 1. The number of aryl methyl sites for hydroxylation is 2. The molecule has 1 unspecified atom stereocenters. The van der Waals surface area contributed by atoms with Gasteiger partial charge in [0.25, 0.3) is 0 Å². The normalized spacial score (nSPS) is 20.3. The van der Waals surface area contributed by atoms with Gasteiger partial charge in [-0.1, -0.05) is 96.5 Å². The topological polar surface area (TPSA) is 86.3 Å². The molecule has 2 heterocycles. The summed E-state index contributed by atoms with van der Waals surface area (Å²) >= 11 is 0. The van der Waals surface area contributed by atoms with Crippen LogP contribution in [-0.2, 0) is 30.2 Å². The molecule has 0 bridgehead atoms. The molecule has 2 aliphatic heterocycles. The van der Waals surface area contributed by atoms with Gasteiger partial charge >= 0.3 is 0 Å². The maximum absolute atomic E-state index is 14.9. The highest BCUT2D eigenvalue weighted by atomic mass is 32.2. The van der Waals surface area contributed by atoms with Crippen LogP contribution < -0.4 is 15.0 Å². The summed E-state index contributed by atoms with van der Waals surface area (Å²) in [5.74, 6) is 0.565. The molecule has 2 aliphatic rings. The lowest BCUT2D eigenvalue weighted by molar-refractivity contribution is -0.0365. The van der Waals surface area contributed by atoms with E-state index in [0.29, 0.717) is 55.0 Å². The molecule has 4 atom stereocenters. The minimum atomic E-state index is -4.01. The fraction of sp³-hybridized carbons (Fsp3) is 0.571. The van der Waals surface area contributed by atoms with Crippen LogP contribution in [-0.4, -0.2) is 75.4 Å². The van der Waals surface area contributed by atoms with E-state index in [1.165, 1.54) is 5.56 Å². The van der Waals surface area contributed by atoms with Crippen LogP contribution >= 0.6 is 0 Å². The molecule has 1 saturated heterocycles. The fourth-order valence-corrected chi connectivity index (χ4v) is 15.7. The Morgan fingerprint density at radius 1 is 0.904 bits per heavy atom. The highest BCUT2D eigenvalue weighted by Gasteiger charge is 2.50. The predicted octanol–water partition coefficient (Wildman–Crippen LogP) is 8.60. The molecule has 0 aliphatic carbocycles. The number of hydrogen-bond donors (Lipinski definition) is 1. The molecule has 52 heavy (non-hydrogen) atoms. The number of nitrogens with zero attached hydrogens (tertiary/aromatic N) is 1. The Hall–Kier alpha value is -2.73. The van der Waals surface area contributed by atoms with Crippen LogP contribution in [0.1, 0.15) is 88.5 Å². The Morgan fingerprint density at radius 3 is 2.17 bits per heavy atom. The quantitative estimate of drug-likeness (QED) is 0.115. The number of benzene rings is 3. The molecule has 0 radical (unpaired) electrons. The standard InChI is InChI=1S/C42H62N2O6SSi/c1-10-33-14-16-34(17-15-33)41-39(27-43-28-40(41)50-52(29(2)3,30(4)5)31(6)7)49-42(51(45,46)36-19-12-32(8)13-20-36)35-18-21-38-37(26-35)44(23-25-48-38)22-11-24-47-9/h12-21,26,29-31,39-43H,10-11,22-25,27-28H2,1-9H3/t39-,40+,41+,42?/m0/s1. The fourth-order valence-electron chi connectivity index (χ4n) is 8.59. The van der Waals surface area contributed by atoms with Crippen LogP contribution in [0.3, 0.4) is 0 Å². The second-order valence-corrected chi connectivity index (χ2v) is 22.9. The third kappa shape index (κ3) is 8.63. The number of fused-ring (bicyclic) bond motifs is 1. The summed E-state index contributed by atoms with van der Waals surface area (Å²) in [4.78, 5) is 2.50. The highest BCUT2D eigenvalue weighted by Crippen LogP contribution is 2.47. The molecule has 0 spiro atoms. The van der Waals surface area contributed by atoms with Gasteiger partial charge in [0, 0.05) is 39.3 Å². The minimum absolute atomic E-state index is 0.183. The van der Waals surface area contributed by atoms with Gasteiger partial charge in [0.1, 0.15) is 12.4 Å². The van der Waals surface area contributed by atoms with Crippen LogP contribution in [0.4, 0.5) is 5.69 Å². The van der Waals surface area contributed by atoms with Gasteiger partial charge in [-0.3, -0.25) is 0 Å². The van der Waals surface area contributed by atoms with E-state index in [2.05, 4.69) is 82.9 Å². The van der Waals surface area contributed by atoms with Gasteiger partial charge in [-0.15, -0.1) is 0 Å². The largest absolute Gasteiger partial charge is 0.490 e. The maximum Gasteiger partial charge on any atom is 0.209 e. The van der Waals surface area contributed by atoms with Gasteiger partial charge < -0.3 is 28.9 Å². The van der Waals surface area contributed by atoms with Crippen LogP contribution in [0.25, 0.3) is 0 Å². The SMILES string of the molecule is CCc1ccc([C@@H]2[C@@H](OC(c3ccc4c(c3)N(CCCOC)CCO4)S(=O)(=O)c3ccc(C)cc3)CNC[C@H]2O[Si](C(C)C)(C(C)C)C(C)C)cc1. The molecule has 10 heteroatoms. The first-order chi connectivity index (χ1) is 24.8. The Bertz CT molecular complexity index is 1670. The van der Waals surface area contributed by atoms with Crippen molar-refractivity contribution in [1.29, 1.82) is 0 Å². The monoisotopic (exact) mass is 750 g/mol. The molecule has 0 aromatic heterocycles. The predicted molar refractivity (Wildman–Crippen MR) is 214 cm³/mol. The lowest BCUT2D eigenvalue weighted by Gasteiger charge is -2.49. The molecule has 5 rings (SSSR count). The van der Waals surface area contributed by atoms with E-state index in [1.807, 2.05) is 37.3 Å². The lowest BCUT2D eigenvalue weighted by Crippen LogP contribution is -2.58. The average molecular weight is 751 g/mol. The molecule has 286 valence electrons. The zero-order valence-electron chi connectivity index (χ0n) is 32.9. The summed E-state index contributed by atoms with van der Waals surface area (Å²) in [6.45, 7) is 21.9. The van der Waals surface area contributed by atoms with Crippen molar-refractivity contribution >= 4 is 23.8 Å². The van der Waals surface area contributed by atoms with Gasteiger partial charge in [-0.25, -0.2) is 8.42 Å². The molecule has 1 fully saturated rings. The van der Waals surface area contributed by atoms with Crippen LogP contribution in [0.15, 0.2) is 71.6 Å². The van der Waals surface area contributed by atoms with Crippen molar-refractivity contribution in [1.82, 2.24) is 5.32 Å². The summed E-state index contributed by atoms with van der Waals surface area (Å²) in [5, 5.41) is 3.63. The van der Waals surface area contributed by atoms with Gasteiger partial charge in [0.2, 0.25) is 18.2 Å². The molecule has 1 N–H and O–H groups in total. The summed E-state index contributed by atoms with van der Waals surface area (Å²) in [7, 11) is -4.61. The van der Waals surface area contributed by atoms with Gasteiger partial charge in [0.15, 0.2) is 5.44 Å². The lowest BCUT2D eigenvalue weighted by atomic mass is 9.85. The Morgan fingerprint density at radius 2 is 1.56 bits per heavy atom. The molecule has 3 aromatic carbocycles. The first kappa shape index (κ1) is 40.5. The Balaban J connectivity index is 1.62. The smallest absolute Gasteiger partial charge is 0.209 e. The maximum atomic E-state index is 14.9. The number of piperidine rings is 1. The van der Waals surface area contributed by atoms with E-state index in [1.54, 1.807) is 19.2 Å². The zero-order chi connectivity index (χ0) is 37.6. The van der Waals surface area contributed by atoms with Crippen molar-refractivity contribution in [3.05, 3.63) is 89.0 Å². The second-order valence-electron chi connectivity index (χ2n) is 15.5. The van der Waals surface area contributed by atoms with Crippen molar-refractivity contribution in [3.63, 3.8) is 0 Å². The Labute approximate surface area is 314 Å². The van der Waals surface area contributed by atoms with Gasteiger partial charge in [-0.2, -0.15) is 0 Å². The van der Waals surface area contributed by atoms with Crippen molar-refractivity contribution in [2.45, 2.75) is 113 Å². The van der Waals surface area contributed by atoms with Gasteiger partial charge in [-0.05, 0) is 77.3 Å². The van der Waals surface area contributed by atoms with Crippen molar-refractivity contribution in [3.8, 4) is 5.75 Å². The molecule has 3 aromatic rings. The molecule has 8 nitrogen and oxygen atoms in total. The van der Waals surface area contributed by atoms with E-state index < -0.39 is 29.7 Å². The van der Waals surface area contributed by atoms with E-state index in [9.17, 15) is 8.42 Å². The van der Waals surface area contributed by atoms with Crippen molar-refractivity contribution < 1.29 is 27.1 Å². The van der Waals surface area contributed by atoms with E-state index in [-0.39, 0.29) is 16.9 Å². The van der Waals surface area contributed by atoms with Crippen molar-refractivity contribution in [2.24, 2.45) is 0 Å². The summed E-state index contributed by atoms with van der Waals surface area (Å²) in [5.41, 5.74) is 4.77. The number of anilines is 1. The zero-order valence-corrected chi connectivity index (χ0v) is 34.7. The molecule has 0 saturated carbocycles. The number of sulfone groups is 1. The average Bonchev–Trinajstić information content (AvgIpc) is 3.12. The summed E-state index contributed by atoms with van der Waals surface area (Å²) in [6, 6.07) is 21.6. The van der Waals surface area contributed by atoms with Crippen LogP contribution in [0.5, 0.6) is 5.75 Å². The number of hydrogen-bond acceptors (Lipinski definition) is 8. The Kier molecular flexibility index (Phi) is 13.7. The molecule has 0 amide bonds. The third-order valence-electron chi connectivity index (χ3n) is 11.2. The number of rotatable bonds is 16. The number of ether oxygens (including phenoxy) is 3. The third-order valence-corrected chi connectivity index (χ3v) is 19.2.